The summed E-state index contributed by atoms with van der Waals surface area (Å²) in [6, 6.07) is 3.90. The van der Waals surface area contributed by atoms with E-state index >= 15 is 0 Å². The highest BCUT2D eigenvalue weighted by Gasteiger charge is 2.19. The highest BCUT2D eigenvalue weighted by Crippen LogP contribution is 2.46. The smallest absolute Gasteiger partial charge is 0.136 e. The maximum atomic E-state index is 9.13. The molecule has 0 aliphatic heterocycles. The third kappa shape index (κ3) is 2.66. The number of hydrogen-bond donors (Lipinski definition) is 0. The average molecular weight is 434 g/mol. The molecule has 1 aromatic heterocycles. The molecule has 0 fully saturated rings. The molecule has 0 aliphatic rings. The van der Waals surface area contributed by atoms with Crippen molar-refractivity contribution in [1.82, 2.24) is 0 Å². The summed E-state index contributed by atoms with van der Waals surface area (Å²) in [5, 5.41) is 0.428. The second kappa shape index (κ2) is 7.08. The lowest BCUT2D eigenvalue weighted by Gasteiger charge is -2.18. The first-order chi connectivity index (χ1) is 21.8. The number of para-hydroxylation sites is 1. The second-order valence-electron chi connectivity index (χ2n) is 7.53. The minimum Gasteiger partial charge on any atom is -0.456 e. The molecule has 0 spiro atoms. The van der Waals surface area contributed by atoms with Crippen LogP contribution in [0.2, 0.25) is 0 Å². The Morgan fingerprint density at radius 2 is 1.06 bits per heavy atom. The Morgan fingerprint density at radius 3 is 1.76 bits per heavy atom. The molecule has 1 nitrogen and oxygen atoms in total. The van der Waals surface area contributed by atoms with Gasteiger partial charge in [-0.2, -0.15) is 0 Å². The summed E-state index contributed by atoms with van der Waals surface area (Å²) in [6.07, 6.45) is 0. The van der Waals surface area contributed by atoms with Crippen molar-refractivity contribution in [2.24, 2.45) is 0 Å². The molecule has 0 bridgehead atoms. The zero-order valence-electron chi connectivity index (χ0n) is 29.9. The first-order valence-corrected chi connectivity index (χ1v) is 10.2. The predicted molar refractivity (Wildman–Crippen MR) is 140 cm³/mol. The SMILES string of the molecule is [2H]c1c([2H])c([2H])c(-c2c3c([2H])c([2H])c([2H])c([2H])c3c(-c3cccc4oc5ccccc5c34)c3c([2H])c([2H])c([2H])c([2H])c23)c([2H])c1[2H]. The Bertz CT molecular complexity index is 2410. The largest absolute Gasteiger partial charge is 0.456 e. The Labute approximate surface area is 209 Å². The maximum Gasteiger partial charge on any atom is 0.136 e. The summed E-state index contributed by atoms with van der Waals surface area (Å²) >= 11 is 0. The van der Waals surface area contributed by atoms with Crippen molar-refractivity contribution in [2.75, 3.05) is 0 Å². The zero-order valence-corrected chi connectivity index (χ0v) is 16.9. The fourth-order valence-corrected chi connectivity index (χ4v) is 4.50. The van der Waals surface area contributed by atoms with Gasteiger partial charge in [-0.05, 0) is 55.9 Å². The molecule has 6 aromatic carbocycles. The van der Waals surface area contributed by atoms with Crippen molar-refractivity contribution >= 4 is 43.5 Å². The molecule has 33 heavy (non-hydrogen) atoms. The number of benzene rings is 6. The third-order valence-electron chi connectivity index (χ3n) is 5.80. The molecule has 1 heteroatoms. The van der Waals surface area contributed by atoms with Gasteiger partial charge in [0.15, 0.2) is 0 Å². The highest BCUT2D eigenvalue weighted by molar-refractivity contribution is 6.25. The van der Waals surface area contributed by atoms with Gasteiger partial charge in [-0.1, -0.05) is 109 Å². The second-order valence-corrected chi connectivity index (χ2v) is 7.53. The molecule has 7 aromatic rings. The van der Waals surface area contributed by atoms with Gasteiger partial charge in [-0.25, -0.2) is 0 Å². The van der Waals surface area contributed by atoms with Crippen LogP contribution in [0.5, 0.6) is 0 Å². The molecule has 0 unspecified atom stereocenters. The van der Waals surface area contributed by atoms with Crippen LogP contribution in [-0.2, 0) is 0 Å². The van der Waals surface area contributed by atoms with Crippen molar-refractivity contribution < 1.29 is 22.2 Å². The number of furan rings is 1. The number of rotatable bonds is 2. The Kier molecular flexibility index (Phi) is 2.07. The minimum absolute atomic E-state index is 0.0669. The van der Waals surface area contributed by atoms with Gasteiger partial charge in [0.25, 0.3) is 0 Å². The van der Waals surface area contributed by atoms with Crippen LogP contribution in [0.4, 0.5) is 0 Å². The van der Waals surface area contributed by atoms with Crippen LogP contribution in [-0.4, -0.2) is 0 Å². The van der Waals surface area contributed by atoms with Gasteiger partial charge in [0.05, 0.1) is 17.8 Å². The van der Waals surface area contributed by atoms with E-state index in [1.54, 1.807) is 42.5 Å². The van der Waals surface area contributed by atoms with Gasteiger partial charge < -0.3 is 4.42 Å². The molecule has 0 N–H and O–H groups in total. The normalized spacial score (nSPS) is 17.2. The topological polar surface area (TPSA) is 13.1 Å². The third-order valence-corrected chi connectivity index (χ3v) is 5.80. The predicted octanol–water partition coefficient (Wildman–Crippen LogP) is 9.23. The summed E-state index contributed by atoms with van der Waals surface area (Å²) in [7, 11) is 0. The van der Waals surface area contributed by atoms with E-state index in [1.807, 2.05) is 0 Å². The maximum absolute atomic E-state index is 9.13. The molecule has 154 valence electrons. The summed E-state index contributed by atoms with van der Waals surface area (Å²) in [5.74, 6) is 0. The molecule has 0 saturated heterocycles. The Morgan fingerprint density at radius 1 is 0.485 bits per heavy atom. The van der Waals surface area contributed by atoms with Crippen molar-refractivity contribution in [2.45, 2.75) is 0 Å². The monoisotopic (exact) mass is 433 g/mol. The number of fused-ring (bicyclic) bond motifs is 5. The van der Waals surface area contributed by atoms with Gasteiger partial charge in [0.2, 0.25) is 0 Å². The van der Waals surface area contributed by atoms with Crippen LogP contribution in [0.1, 0.15) is 17.8 Å². The molecule has 0 saturated carbocycles. The van der Waals surface area contributed by atoms with E-state index in [-0.39, 0.29) is 32.7 Å². The minimum atomic E-state index is -0.710. The molecule has 0 radical (unpaired) electrons. The standard InChI is InChI=1S/C32H20O/c1-2-11-21(12-3-1)30-22-13-4-6-15-24(22)31(25-16-7-5-14-23(25)30)27-18-10-20-29-32(27)26-17-8-9-19-28(26)33-29/h1-20H/i1D,2D,3D,4D,5D,6D,7D,11D,12D,13D,14D,15D,16D. The van der Waals surface area contributed by atoms with E-state index < -0.39 is 84.1 Å². The van der Waals surface area contributed by atoms with E-state index in [4.69, 9.17) is 22.2 Å². The first-order valence-electron chi connectivity index (χ1n) is 16.7. The van der Waals surface area contributed by atoms with Gasteiger partial charge >= 0.3 is 0 Å². The Hall–Kier alpha value is -4.36. The van der Waals surface area contributed by atoms with E-state index in [9.17, 15) is 0 Å². The molecule has 0 aliphatic carbocycles. The molecular formula is C32H20O. The van der Waals surface area contributed by atoms with Crippen LogP contribution >= 0.6 is 0 Å². The first kappa shape index (κ1) is 9.64. The van der Waals surface area contributed by atoms with Crippen LogP contribution in [0, 0.1) is 0 Å². The summed E-state index contributed by atoms with van der Waals surface area (Å²) in [6.45, 7) is 0. The molecule has 7 rings (SSSR count). The van der Waals surface area contributed by atoms with E-state index in [0.29, 0.717) is 27.5 Å². The van der Waals surface area contributed by atoms with Crippen molar-refractivity contribution in [3.8, 4) is 22.3 Å². The lowest BCUT2D eigenvalue weighted by Crippen LogP contribution is -1.91. The van der Waals surface area contributed by atoms with Crippen molar-refractivity contribution in [1.29, 1.82) is 0 Å². The van der Waals surface area contributed by atoms with Gasteiger partial charge in [-0.15, -0.1) is 0 Å². The van der Waals surface area contributed by atoms with Gasteiger partial charge in [0, 0.05) is 10.8 Å². The summed E-state index contributed by atoms with van der Waals surface area (Å²) < 4.78 is 119. The van der Waals surface area contributed by atoms with Crippen molar-refractivity contribution in [3.05, 3.63) is 121 Å². The van der Waals surface area contributed by atoms with E-state index in [1.165, 1.54) is 0 Å². The number of hydrogen-bond acceptors (Lipinski definition) is 1. The average Bonchev–Trinajstić information content (AvgIpc) is 3.44. The van der Waals surface area contributed by atoms with E-state index in [0.717, 1.165) is 0 Å². The quantitative estimate of drug-likeness (QED) is 0.248. The molecule has 1 heterocycles. The highest BCUT2D eigenvalue weighted by atomic mass is 16.3. The fraction of sp³-hybridized carbons (Fsp3) is 0. The van der Waals surface area contributed by atoms with Crippen LogP contribution in [0.3, 0.4) is 0 Å². The van der Waals surface area contributed by atoms with Gasteiger partial charge in [0.1, 0.15) is 11.2 Å². The molecule has 0 atom stereocenters. The molecular weight excluding hydrogens is 400 g/mol. The van der Waals surface area contributed by atoms with Gasteiger partial charge in [-0.3, -0.25) is 0 Å². The van der Waals surface area contributed by atoms with Crippen LogP contribution < -0.4 is 0 Å². The fourth-order valence-electron chi connectivity index (χ4n) is 4.50. The van der Waals surface area contributed by atoms with Crippen LogP contribution in [0.15, 0.2) is 125 Å². The summed E-state index contributed by atoms with van der Waals surface area (Å²) in [4.78, 5) is 0. The zero-order chi connectivity index (χ0) is 33.1. The van der Waals surface area contributed by atoms with Crippen LogP contribution in [0.25, 0.3) is 65.7 Å². The lowest BCUT2D eigenvalue weighted by atomic mass is 9.85. The lowest BCUT2D eigenvalue weighted by molar-refractivity contribution is 0.669. The summed E-state index contributed by atoms with van der Waals surface area (Å²) in [5.41, 5.74) is 0.621. The van der Waals surface area contributed by atoms with Crippen molar-refractivity contribution in [3.63, 3.8) is 0 Å². The molecule has 0 amide bonds. The van der Waals surface area contributed by atoms with E-state index in [2.05, 4.69) is 0 Å². The Balaban J connectivity index is 1.91.